The molecule has 0 atom stereocenters. The molecule has 16 aromatic carbocycles. The first kappa shape index (κ1) is 73.8. The van der Waals surface area contributed by atoms with Crippen molar-refractivity contribution in [1.29, 1.82) is 0 Å². The Morgan fingerprint density at radius 3 is 0.475 bits per heavy atom. The molecule has 0 radical (unpaired) electrons. The van der Waals surface area contributed by atoms with Crippen LogP contribution in [-0.2, 0) is 0 Å². The van der Waals surface area contributed by atoms with E-state index in [9.17, 15) is 0 Å². The first-order valence-electron chi connectivity index (χ1n) is 40.0. The summed E-state index contributed by atoms with van der Waals surface area (Å²) < 4.78 is 0. The Kier molecular flexibility index (Phi) is 21.2. The van der Waals surface area contributed by atoms with Crippen molar-refractivity contribution in [2.75, 3.05) is 0 Å². The van der Waals surface area contributed by atoms with E-state index >= 15 is 0 Å². The number of aromatic nitrogens is 10. The number of rotatable bonds is 18. The van der Waals surface area contributed by atoms with Crippen LogP contribution in [0.25, 0.3) is 203 Å². The van der Waals surface area contributed by atoms with Crippen LogP contribution in [0, 0.1) is 0 Å². The fourth-order valence-electron chi connectivity index (χ4n) is 14.8. The third kappa shape index (κ3) is 16.8. The lowest BCUT2D eigenvalue weighted by atomic mass is 9.97. The van der Waals surface area contributed by atoms with E-state index in [-0.39, 0.29) is 0 Å². The molecule has 0 aliphatic carbocycles. The van der Waals surface area contributed by atoms with E-state index in [1.54, 1.807) is 0 Å². The summed E-state index contributed by atoms with van der Waals surface area (Å²) in [6.07, 6.45) is 0. The fourth-order valence-corrected chi connectivity index (χ4v) is 14.8. The van der Waals surface area contributed by atoms with Crippen molar-refractivity contribution in [2.45, 2.75) is 0 Å². The summed E-state index contributed by atoms with van der Waals surface area (Å²) in [6.45, 7) is 0. The Bertz CT molecular complexity index is 6820. The molecule has 4 heterocycles. The van der Waals surface area contributed by atoms with Crippen LogP contribution < -0.4 is 0 Å². The molecule has 10 nitrogen and oxygen atoms in total. The molecule has 10 heteroatoms. The van der Waals surface area contributed by atoms with Gasteiger partial charge in [0.15, 0.2) is 46.6 Å². The predicted molar refractivity (Wildman–Crippen MR) is 489 cm³/mol. The van der Waals surface area contributed by atoms with Gasteiger partial charge in [-0.15, -0.1) is 0 Å². The maximum atomic E-state index is 5.14. The summed E-state index contributed by atoms with van der Waals surface area (Å²) in [5.41, 5.74) is 28.6. The smallest absolute Gasteiger partial charge is 0.164 e. The molecule has 0 bridgehead atoms. The van der Waals surface area contributed by atoms with Crippen molar-refractivity contribution in [3.05, 3.63) is 449 Å². The molecule has 20 rings (SSSR count). The number of benzene rings is 16. The first-order chi connectivity index (χ1) is 59.4. The van der Waals surface area contributed by atoms with Gasteiger partial charge in [0.25, 0.3) is 0 Å². The second-order valence-corrected chi connectivity index (χ2v) is 29.1. The van der Waals surface area contributed by atoms with Crippen LogP contribution in [0.2, 0.25) is 0 Å². The van der Waals surface area contributed by atoms with E-state index in [4.69, 9.17) is 49.8 Å². The zero-order valence-electron chi connectivity index (χ0n) is 65.2. The van der Waals surface area contributed by atoms with E-state index in [1.807, 2.05) is 170 Å². The molecule has 20 aromatic rings. The average Bonchev–Trinajstić information content (AvgIpc) is 0.813. The Labute approximate surface area is 697 Å². The van der Waals surface area contributed by atoms with Crippen molar-refractivity contribution >= 4 is 0 Å². The van der Waals surface area contributed by atoms with Gasteiger partial charge in [-0.2, -0.15) is 0 Å². The lowest BCUT2D eigenvalue weighted by Crippen LogP contribution is -2.00. The Morgan fingerprint density at radius 2 is 0.225 bits per heavy atom. The second-order valence-electron chi connectivity index (χ2n) is 29.1. The molecule has 4 aromatic heterocycles. The van der Waals surface area contributed by atoms with Gasteiger partial charge in [0, 0.05) is 66.8 Å². The zero-order valence-corrected chi connectivity index (χ0v) is 65.2. The van der Waals surface area contributed by atoms with Gasteiger partial charge in [-0.1, -0.05) is 413 Å². The largest absolute Gasteiger partial charge is 0.228 e. The summed E-state index contributed by atoms with van der Waals surface area (Å²) in [6, 6.07) is 154. The highest BCUT2D eigenvalue weighted by Gasteiger charge is 2.19. The van der Waals surface area contributed by atoms with Crippen molar-refractivity contribution in [3.63, 3.8) is 0 Å². The monoisotopic (exact) mass is 1530 g/mol. The molecular formula is C110H74N10. The lowest BCUT2D eigenvalue weighted by molar-refractivity contribution is 1.07. The van der Waals surface area contributed by atoms with Crippen LogP contribution in [0.1, 0.15) is 0 Å². The van der Waals surface area contributed by atoms with Crippen LogP contribution in [0.4, 0.5) is 0 Å². The van der Waals surface area contributed by atoms with E-state index < -0.39 is 0 Å². The SMILES string of the molecule is c1ccc(-c2ccc(-c3cccc(-c4cc(-c5cccc(-c6ccc(-c7nc(-c8ccccc8)nc(-c8ccccc8)n7)cc6)c5)nc(-c5ccccc5)n4)c3)cc2)cc1.c1ccc(-c2ccc(-c3cccc(-c4nc(-c5ccccc5)nc(-c5ccc(-c6cccc(-c7cc(-c8ccccc8)nc(-c8ccccc8)n7)c6)cc5)n4)c3)cc2)cc1. The first-order valence-corrected chi connectivity index (χ1v) is 40.0. The number of hydrogen-bond acceptors (Lipinski definition) is 10. The Hall–Kier alpha value is -16.3. The van der Waals surface area contributed by atoms with Gasteiger partial charge in [0.05, 0.1) is 22.8 Å². The van der Waals surface area contributed by atoms with Crippen LogP contribution in [0.15, 0.2) is 449 Å². The summed E-state index contributed by atoms with van der Waals surface area (Å²) in [7, 11) is 0. The summed E-state index contributed by atoms with van der Waals surface area (Å²) >= 11 is 0. The summed E-state index contributed by atoms with van der Waals surface area (Å²) in [5, 5.41) is 0. The van der Waals surface area contributed by atoms with Gasteiger partial charge >= 0.3 is 0 Å². The van der Waals surface area contributed by atoms with Crippen molar-refractivity contribution in [1.82, 2.24) is 49.8 Å². The Morgan fingerprint density at radius 1 is 0.0833 bits per heavy atom. The van der Waals surface area contributed by atoms with Crippen molar-refractivity contribution in [2.24, 2.45) is 0 Å². The van der Waals surface area contributed by atoms with Crippen LogP contribution >= 0.6 is 0 Å². The average molecular weight is 1540 g/mol. The quantitative estimate of drug-likeness (QED) is 0.0819. The molecule has 0 amide bonds. The second kappa shape index (κ2) is 34.4. The van der Waals surface area contributed by atoms with Gasteiger partial charge in [-0.25, -0.2) is 49.8 Å². The van der Waals surface area contributed by atoms with Gasteiger partial charge in [-0.3, -0.25) is 0 Å². The normalized spacial score (nSPS) is 11.0. The van der Waals surface area contributed by atoms with Crippen LogP contribution in [-0.4, -0.2) is 49.8 Å². The number of nitrogens with zero attached hydrogens (tertiary/aromatic N) is 10. The van der Waals surface area contributed by atoms with E-state index in [0.717, 1.165) is 134 Å². The maximum Gasteiger partial charge on any atom is 0.164 e. The van der Waals surface area contributed by atoms with E-state index in [1.165, 1.54) is 22.3 Å². The van der Waals surface area contributed by atoms with Gasteiger partial charge in [-0.05, 0) is 103 Å². The lowest BCUT2D eigenvalue weighted by Gasteiger charge is -2.12. The topological polar surface area (TPSA) is 129 Å². The minimum absolute atomic E-state index is 0.611. The number of hydrogen-bond donors (Lipinski definition) is 0. The van der Waals surface area contributed by atoms with Gasteiger partial charge in [0.1, 0.15) is 0 Å². The van der Waals surface area contributed by atoms with E-state index in [0.29, 0.717) is 46.6 Å². The highest BCUT2D eigenvalue weighted by Crippen LogP contribution is 2.38. The molecule has 0 unspecified atom stereocenters. The third-order valence-electron chi connectivity index (χ3n) is 21.2. The highest BCUT2D eigenvalue weighted by molar-refractivity contribution is 5.83. The molecule has 0 saturated carbocycles. The molecular weight excluding hydrogens is 1460 g/mol. The minimum Gasteiger partial charge on any atom is -0.228 e. The standard InChI is InChI=1S/2C55H37N5/c1-5-15-38(16-6-1)39-27-29-40(30-28-39)47-24-14-26-49(36-47)55-59-53(44-21-11-4-12-22-44)58-54(60-55)45-33-31-41(32-34-45)46-23-13-25-48(35-46)51-37-50(42-17-7-2-8-18-42)56-52(57-51)43-19-9-3-10-20-43;1-5-15-38(16-6-1)39-27-29-40(30-28-39)46-23-13-25-48(35-46)50-37-51(57-52(56-50)42-17-7-2-8-18-42)49-26-14-24-47(36-49)41-31-33-45(34-32-41)55-59-53(43-19-9-3-10-20-43)58-54(60-55)44-21-11-4-12-22-44/h2*1-37H. The Balaban J connectivity index is 0.000000159. The summed E-state index contributed by atoms with van der Waals surface area (Å²) in [4.78, 5) is 50.1. The molecule has 0 aliphatic heterocycles. The van der Waals surface area contributed by atoms with Gasteiger partial charge < -0.3 is 0 Å². The minimum atomic E-state index is 0.611. The summed E-state index contributed by atoms with van der Waals surface area (Å²) in [5.74, 6) is 5.12. The predicted octanol–water partition coefficient (Wildman–Crippen LogP) is 27.3. The molecule has 564 valence electrons. The van der Waals surface area contributed by atoms with Crippen LogP contribution in [0.5, 0.6) is 0 Å². The molecule has 0 aliphatic rings. The zero-order chi connectivity index (χ0) is 80.2. The highest BCUT2D eigenvalue weighted by atomic mass is 15.0. The molecule has 0 fully saturated rings. The third-order valence-corrected chi connectivity index (χ3v) is 21.2. The van der Waals surface area contributed by atoms with Crippen LogP contribution in [0.3, 0.4) is 0 Å². The molecule has 120 heavy (non-hydrogen) atoms. The molecule has 0 saturated heterocycles. The fraction of sp³-hybridized carbons (Fsp3) is 0. The van der Waals surface area contributed by atoms with E-state index in [2.05, 4.69) is 279 Å². The van der Waals surface area contributed by atoms with Crippen molar-refractivity contribution in [3.8, 4) is 203 Å². The van der Waals surface area contributed by atoms with Crippen molar-refractivity contribution < 1.29 is 0 Å². The maximum absolute atomic E-state index is 5.14. The van der Waals surface area contributed by atoms with Gasteiger partial charge in [0.2, 0.25) is 0 Å². The molecule has 0 N–H and O–H groups in total. The molecule has 0 spiro atoms.